The Labute approximate surface area is 191 Å². The first kappa shape index (κ1) is 20.8. The van der Waals surface area contributed by atoms with Gasteiger partial charge in [0.25, 0.3) is 5.56 Å². The molecule has 1 fully saturated rings. The highest BCUT2D eigenvalue weighted by Gasteiger charge is 2.15. The van der Waals surface area contributed by atoms with Gasteiger partial charge in [0.05, 0.1) is 21.9 Å². The van der Waals surface area contributed by atoms with E-state index in [0.717, 1.165) is 23.4 Å². The number of benzene rings is 1. The Kier molecular flexibility index (Phi) is 5.72. The largest absolute Gasteiger partial charge is 0.487 e. The second-order valence-corrected chi connectivity index (χ2v) is 8.68. The summed E-state index contributed by atoms with van der Waals surface area (Å²) in [5.41, 5.74) is 3.86. The van der Waals surface area contributed by atoms with E-state index in [1.807, 2.05) is 6.07 Å². The number of likely N-dealkylation sites (tertiary alicyclic amines) is 1. The van der Waals surface area contributed by atoms with Crippen molar-refractivity contribution in [1.29, 1.82) is 0 Å². The van der Waals surface area contributed by atoms with Crippen molar-refractivity contribution in [3.8, 4) is 11.4 Å². The van der Waals surface area contributed by atoms with E-state index in [4.69, 9.17) is 16.3 Å². The maximum absolute atomic E-state index is 12.8. The van der Waals surface area contributed by atoms with E-state index < -0.39 is 0 Å². The van der Waals surface area contributed by atoms with Crippen molar-refractivity contribution in [3.05, 3.63) is 87.7 Å². The first-order valence-corrected chi connectivity index (χ1v) is 11.2. The molecule has 0 spiro atoms. The standard InChI is InChI=1S/C25H25ClN4O2/c1-28-22(16-29-9-2-3-10-29)12-18-4-7-21(13-24(18)28)30-11-8-23(14-25(30)31)32-17-20-6-5-19(26)15-27-20/h4-8,11-15H,2-3,9-10,16-17H2,1H3. The maximum atomic E-state index is 12.8. The van der Waals surface area contributed by atoms with E-state index >= 15 is 0 Å². The van der Waals surface area contributed by atoms with Gasteiger partial charge >= 0.3 is 0 Å². The van der Waals surface area contributed by atoms with Gasteiger partial charge in [0.15, 0.2) is 0 Å². The van der Waals surface area contributed by atoms with E-state index in [1.54, 1.807) is 35.2 Å². The van der Waals surface area contributed by atoms with Gasteiger partial charge in [-0.2, -0.15) is 0 Å². The number of aromatic nitrogens is 3. The van der Waals surface area contributed by atoms with E-state index in [9.17, 15) is 4.79 Å². The van der Waals surface area contributed by atoms with Crippen LogP contribution in [0.5, 0.6) is 5.75 Å². The van der Waals surface area contributed by atoms with Gasteiger partial charge in [-0.1, -0.05) is 17.7 Å². The predicted octanol–water partition coefficient (Wildman–Crippen LogP) is 4.55. The molecule has 6 nitrogen and oxygen atoms in total. The number of hydrogen-bond acceptors (Lipinski definition) is 4. The van der Waals surface area contributed by atoms with Gasteiger partial charge in [0, 0.05) is 43.1 Å². The van der Waals surface area contributed by atoms with Crippen LogP contribution in [0.4, 0.5) is 0 Å². The van der Waals surface area contributed by atoms with Gasteiger partial charge in [0.2, 0.25) is 0 Å². The van der Waals surface area contributed by atoms with Gasteiger partial charge in [-0.05, 0) is 62.3 Å². The molecule has 0 unspecified atom stereocenters. The van der Waals surface area contributed by atoms with Crippen molar-refractivity contribution >= 4 is 22.5 Å². The minimum absolute atomic E-state index is 0.141. The van der Waals surface area contributed by atoms with Gasteiger partial charge in [-0.3, -0.25) is 19.2 Å². The fourth-order valence-corrected chi connectivity index (χ4v) is 4.37. The zero-order chi connectivity index (χ0) is 22.1. The molecule has 1 saturated heterocycles. The minimum atomic E-state index is -0.141. The van der Waals surface area contributed by atoms with Crippen LogP contribution in [0.2, 0.25) is 5.02 Å². The van der Waals surface area contributed by atoms with E-state index in [1.165, 1.54) is 43.1 Å². The number of nitrogens with zero attached hydrogens (tertiary/aromatic N) is 4. The average Bonchev–Trinajstić information content (AvgIpc) is 3.42. The van der Waals surface area contributed by atoms with Crippen molar-refractivity contribution < 1.29 is 4.74 Å². The SMILES string of the molecule is Cn1c(CN2CCCC2)cc2ccc(-n3ccc(OCc4ccc(Cl)cn4)cc3=O)cc21. The molecule has 0 radical (unpaired) electrons. The number of rotatable bonds is 6. The van der Waals surface area contributed by atoms with Crippen LogP contribution in [0.1, 0.15) is 24.2 Å². The fraction of sp³-hybridized carbons (Fsp3) is 0.280. The molecule has 1 aliphatic rings. The molecule has 0 saturated carbocycles. The lowest BCUT2D eigenvalue weighted by atomic mass is 10.2. The van der Waals surface area contributed by atoms with E-state index in [-0.39, 0.29) is 12.2 Å². The molecule has 0 atom stereocenters. The Morgan fingerprint density at radius 2 is 1.91 bits per heavy atom. The molecule has 0 amide bonds. The van der Waals surface area contributed by atoms with Crippen LogP contribution < -0.4 is 10.3 Å². The summed E-state index contributed by atoms with van der Waals surface area (Å²) in [6, 6.07) is 15.3. The Balaban J connectivity index is 1.36. The number of halogens is 1. The first-order chi connectivity index (χ1) is 15.6. The lowest BCUT2D eigenvalue weighted by Crippen LogP contribution is -2.19. The summed E-state index contributed by atoms with van der Waals surface area (Å²) in [6.07, 6.45) is 5.90. The third-order valence-electron chi connectivity index (χ3n) is 6.06. The highest BCUT2D eigenvalue weighted by Crippen LogP contribution is 2.24. The summed E-state index contributed by atoms with van der Waals surface area (Å²) in [6.45, 7) is 3.58. The molecule has 1 aromatic carbocycles. The summed E-state index contributed by atoms with van der Waals surface area (Å²) in [5, 5.41) is 1.77. The smallest absolute Gasteiger partial charge is 0.258 e. The first-order valence-electron chi connectivity index (χ1n) is 10.8. The van der Waals surface area contributed by atoms with Crippen molar-refractivity contribution in [3.63, 3.8) is 0 Å². The molecule has 7 heteroatoms. The highest BCUT2D eigenvalue weighted by atomic mass is 35.5. The second kappa shape index (κ2) is 8.81. The minimum Gasteiger partial charge on any atom is -0.487 e. The van der Waals surface area contributed by atoms with Crippen LogP contribution in [0.15, 0.2) is 65.7 Å². The summed E-state index contributed by atoms with van der Waals surface area (Å²) in [7, 11) is 2.10. The van der Waals surface area contributed by atoms with Crippen LogP contribution in [-0.4, -0.2) is 32.1 Å². The predicted molar refractivity (Wildman–Crippen MR) is 127 cm³/mol. The second-order valence-electron chi connectivity index (χ2n) is 8.25. The van der Waals surface area contributed by atoms with Crippen molar-refractivity contribution in [2.45, 2.75) is 26.0 Å². The molecular formula is C25H25ClN4O2. The number of hydrogen-bond donors (Lipinski definition) is 0. The van der Waals surface area contributed by atoms with Crippen LogP contribution in [0.3, 0.4) is 0 Å². The lowest BCUT2D eigenvalue weighted by Gasteiger charge is -2.15. The molecule has 4 aromatic rings. The third-order valence-corrected chi connectivity index (χ3v) is 6.28. The van der Waals surface area contributed by atoms with Gasteiger partial charge in [-0.25, -0.2) is 0 Å². The molecule has 4 heterocycles. The molecule has 0 N–H and O–H groups in total. The molecule has 5 rings (SSSR count). The topological polar surface area (TPSA) is 52.3 Å². The van der Waals surface area contributed by atoms with E-state index in [2.05, 4.69) is 39.7 Å². The molecule has 3 aromatic heterocycles. The normalized spacial score (nSPS) is 14.3. The van der Waals surface area contributed by atoms with Crippen LogP contribution in [0.25, 0.3) is 16.6 Å². The number of pyridine rings is 2. The van der Waals surface area contributed by atoms with Crippen LogP contribution in [0, 0.1) is 0 Å². The van der Waals surface area contributed by atoms with Crippen LogP contribution >= 0.6 is 11.6 Å². The zero-order valence-electron chi connectivity index (χ0n) is 18.0. The molecular weight excluding hydrogens is 424 g/mol. The monoisotopic (exact) mass is 448 g/mol. The summed E-state index contributed by atoms with van der Waals surface area (Å²) in [4.78, 5) is 19.5. The Hall–Kier alpha value is -3.09. The zero-order valence-corrected chi connectivity index (χ0v) is 18.8. The summed E-state index contributed by atoms with van der Waals surface area (Å²) in [5.74, 6) is 0.510. The molecule has 0 aliphatic carbocycles. The Morgan fingerprint density at radius 1 is 1.06 bits per heavy atom. The fourth-order valence-electron chi connectivity index (χ4n) is 4.26. The van der Waals surface area contributed by atoms with Crippen LogP contribution in [-0.2, 0) is 20.2 Å². The number of fused-ring (bicyclic) bond motifs is 1. The highest BCUT2D eigenvalue weighted by molar-refractivity contribution is 6.30. The van der Waals surface area contributed by atoms with E-state index in [0.29, 0.717) is 10.8 Å². The van der Waals surface area contributed by atoms with Gasteiger partial charge < -0.3 is 9.30 Å². The third kappa shape index (κ3) is 4.29. The molecule has 0 bridgehead atoms. The van der Waals surface area contributed by atoms with Crippen molar-refractivity contribution in [2.24, 2.45) is 7.05 Å². The molecule has 164 valence electrons. The number of aryl methyl sites for hydroxylation is 1. The average molecular weight is 449 g/mol. The van der Waals surface area contributed by atoms with Gasteiger partial charge in [0.1, 0.15) is 12.4 Å². The van der Waals surface area contributed by atoms with Gasteiger partial charge in [-0.15, -0.1) is 0 Å². The summed E-state index contributed by atoms with van der Waals surface area (Å²) >= 11 is 5.86. The molecule has 32 heavy (non-hydrogen) atoms. The number of ether oxygens (including phenoxy) is 1. The molecule has 1 aliphatic heterocycles. The quantitative estimate of drug-likeness (QED) is 0.434. The lowest BCUT2D eigenvalue weighted by molar-refractivity contribution is 0.300. The Bertz CT molecular complexity index is 1300. The van der Waals surface area contributed by atoms with Crippen molar-refractivity contribution in [2.75, 3.05) is 13.1 Å². The summed E-state index contributed by atoms with van der Waals surface area (Å²) < 4.78 is 9.61. The Morgan fingerprint density at radius 3 is 2.66 bits per heavy atom. The maximum Gasteiger partial charge on any atom is 0.258 e. The van der Waals surface area contributed by atoms with Crippen molar-refractivity contribution in [1.82, 2.24) is 19.0 Å².